The molecule has 1 saturated heterocycles. The van der Waals surface area contributed by atoms with Crippen molar-refractivity contribution in [3.8, 4) is 5.75 Å². The minimum atomic E-state index is -0.352. The molecule has 0 atom stereocenters. The summed E-state index contributed by atoms with van der Waals surface area (Å²) in [5, 5.41) is 2.83. The number of carbonyl (C=O) groups is 2. The summed E-state index contributed by atoms with van der Waals surface area (Å²) >= 11 is 6.46. The zero-order chi connectivity index (χ0) is 18.6. The highest BCUT2D eigenvalue weighted by molar-refractivity contribution is 8.26. The molecule has 0 bridgehead atoms. The molecule has 1 fully saturated rings. The van der Waals surface area contributed by atoms with Crippen LogP contribution in [0.4, 0.5) is 0 Å². The third-order valence-electron chi connectivity index (χ3n) is 3.18. The lowest BCUT2D eigenvalue weighted by atomic mass is 10.1. The maximum absolute atomic E-state index is 12.5. The molecule has 0 aromatic heterocycles. The molecule has 5 nitrogen and oxygen atoms in total. The average molecular weight is 379 g/mol. The molecule has 2 amide bonds. The van der Waals surface area contributed by atoms with E-state index in [-0.39, 0.29) is 23.9 Å². The molecular weight excluding hydrogens is 356 g/mol. The summed E-state index contributed by atoms with van der Waals surface area (Å²) in [5.74, 6) is 0.310. The summed E-state index contributed by atoms with van der Waals surface area (Å²) in [6.07, 6.45) is 1.77. The highest BCUT2D eigenvalue weighted by atomic mass is 32.2. The summed E-state index contributed by atoms with van der Waals surface area (Å²) in [5.41, 5.74) is 0.526. The molecule has 1 heterocycles. The van der Waals surface area contributed by atoms with Crippen molar-refractivity contribution >= 4 is 46.2 Å². The van der Waals surface area contributed by atoms with Crippen molar-refractivity contribution in [1.29, 1.82) is 0 Å². The number of hydrogen-bond acceptors (Lipinski definition) is 5. The molecule has 25 heavy (non-hydrogen) atoms. The standard InChI is InChI=1S/C18H22N2O3S2/c1-5-23-13-8-6-12(7-9-13)10-14-16(22)20(17(24)25-14)11-15(21)19-18(2,3)4/h6-10H,5,11H2,1-4H3,(H,19,21)/b14-10-. The van der Waals surface area contributed by atoms with Crippen molar-refractivity contribution in [2.24, 2.45) is 0 Å². The van der Waals surface area contributed by atoms with Gasteiger partial charge in [-0.3, -0.25) is 14.5 Å². The van der Waals surface area contributed by atoms with Crippen LogP contribution in [-0.2, 0) is 9.59 Å². The minimum absolute atomic E-state index is 0.0669. The first kappa shape index (κ1) is 19.5. The number of thioether (sulfide) groups is 1. The van der Waals surface area contributed by atoms with Crippen molar-refractivity contribution in [1.82, 2.24) is 10.2 Å². The smallest absolute Gasteiger partial charge is 0.266 e. The molecule has 2 rings (SSSR count). The highest BCUT2D eigenvalue weighted by Gasteiger charge is 2.33. The molecular formula is C18H22N2O3S2. The fourth-order valence-corrected chi connectivity index (χ4v) is 3.47. The van der Waals surface area contributed by atoms with Crippen LogP contribution in [0.2, 0.25) is 0 Å². The van der Waals surface area contributed by atoms with E-state index in [0.717, 1.165) is 11.3 Å². The fourth-order valence-electron chi connectivity index (χ4n) is 2.22. The van der Waals surface area contributed by atoms with E-state index >= 15 is 0 Å². The first-order valence-corrected chi connectivity index (χ1v) is 9.21. The van der Waals surface area contributed by atoms with Gasteiger partial charge in [0.25, 0.3) is 5.91 Å². The van der Waals surface area contributed by atoms with Crippen LogP contribution in [0.15, 0.2) is 29.2 Å². The molecule has 134 valence electrons. The van der Waals surface area contributed by atoms with Gasteiger partial charge >= 0.3 is 0 Å². The van der Waals surface area contributed by atoms with Gasteiger partial charge in [-0.2, -0.15) is 0 Å². The first-order chi connectivity index (χ1) is 11.7. The second-order valence-electron chi connectivity index (χ2n) is 6.57. The number of amides is 2. The Balaban J connectivity index is 2.08. The molecule has 1 aromatic rings. The zero-order valence-electron chi connectivity index (χ0n) is 14.8. The summed E-state index contributed by atoms with van der Waals surface area (Å²) < 4.78 is 5.80. The predicted octanol–water partition coefficient (Wildman–Crippen LogP) is 3.20. The van der Waals surface area contributed by atoms with E-state index < -0.39 is 0 Å². The Bertz CT molecular complexity index is 706. The number of nitrogens with one attached hydrogen (secondary N) is 1. The summed E-state index contributed by atoms with van der Waals surface area (Å²) in [7, 11) is 0. The van der Waals surface area contributed by atoms with Gasteiger partial charge in [0, 0.05) is 5.54 Å². The number of ether oxygens (including phenoxy) is 1. The normalized spacial score (nSPS) is 16.5. The lowest BCUT2D eigenvalue weighted by Gasteiger charge is -2.22. The summed E-state index contributed by atoms with van der Waals surface area (Å²) in [6.45, 7) is 8.13. The Kier molecular flexibility index (Phi) is 6.24. The van der Waals surface area contributed by atoms with Gasteiger partial charge in [-0.1, -0.05) is 36.1 Å². The van der Waals surface area contributed by atoms with Crippen molar-refractivity contribution in [2.75, 3.05) is 13.2 Å². The Morgan fingerprint density at radius 2 is 1.96 bits per heavy atom. The van der Waals surface area contributed by atoms with Crippen LogP contribution in [0.1, 0.15) is 33.3 Å². The number of carbonyl (C=O) groups excluding carboxylic acids is 2. The molecule has 1 N–H and O–H groups in total. The maximum atomic E-state index is 12.5. The van der Waals surface area contributed by atoms with Gasteiger partial charge in [-0.15, -0.1) is 0 Å². The van der Waals surface area contributed by atoms with Crippen LogP contribution in [0.3, 0.4) is 0 Å². The van der Waals surface area contributed by atoms with Gasteiger partial charge in [0.1, 0.15) is 16.6 Å². The minimum Gasteiger partial charge on any atom is -0.494 e. The van der Waals surface area contributed by atoms with Gasteiger partial charge in [-0.05, 0) is 51.5 Å². The van der Waals surface area contributed by atoms with E-state index in [1.165, 1.54) is 16.7 Å². The molecule has 0 saturated carbocycles. The zero-order valence-corrected chi connectivity index (χ0v) is 16.4. The summed E-state index contributed by atoms with van der Waals surface area (Å²) in [4.78, 5) is 26.4. The third kappa shape index (κ3) is 5.57. The van der Waals surface area contributed by atoms with E-state index in [2.05, 4.69) is 5.32 Å². The Morgan fingerprint density at radius 3 is 2.52 bits per heavy atom. The van der Waals surface area contributed by atoms with Crippen LogP contribution in [0.5, 0.6) is 5.75 Å². The molecule has 0 aliphatic carbocycles. The number of thiocarbonyl (C=S) groups is 1. The molecule has 0 unspecified atom stereocenters. The van der Waals surface area contributed by atoms with E-state index in [0.29, 0.717) is 15.8 Å². The third-order valence-corrected chi connectivity index (χ3v) is 4.56. The number of nitrogens with zero attached hydrogens (tertiary/aromatic N) is 1. The lowest BCUT2D eigenvalue weighted by molar-refractivity contribution is -0.129. The molecule has 0 spiro atoms. The monoisotopic (exact) mass is 378 g/mol. The SMILES string of the molecule is CCOc1ccc(/C=C2\SC(=S)N(CC(=O)NC(C)(C)C)C2=O)cc1. The second kappa shape index (κ2) is 8.01. The van der Waals surface area contributed by atoms with E-state index in [1.54, 1.807) is 6.08 Å². The fraction of sp³-hybridized carbons (Fsp3) is 0.389. The molecule has 0 radical (unpaired) electrons. The molecule has 7 heteroatoms. The topological polar surface area (TPSA) is 58.6 Å². The van der Waals surface area contributed by atoms with Crippen molar-refractivity contribution in [3.05, 3.63) is 34.7 Å². The largest absolute Gasteiger partial charge is 0.494 e. The van der Waals surface area contributed by atoms with Crippen molar-refractivity contribution < 1.29 is 14.3 Å². The number of benzene rings is 1. The lowest BCUT2D eigenvalue weighted by Crippen LogP contribution is -2.46. The highest BCUT2D eigenvalue weighted by Crippen LogP contribution is 2.32. The van der Waals surface area contributed by atoms with Gasteiger partial charge in [-0.25, -0.2) is 0 Å². The molecule has 1 aromatic carbocycles. The van der Waals surface area contributed by atoms with Gasteiger partial charge < -0.3 is 10.1 Å². The quantitative estimate of drug-likeness (QED) is 0.630. The Morgan fingerprint density at radius 1 is 1.32 bits per heavy atom. The van der Waals surface area contributed by atoms with Crippen LogP contribution in [0.25, 0.3) is 6.08 Å². The molecule has 1 aliphatic heterocycles. The van der Waals surface area contributed by atoms with Crippen LogP contribution < -0.4 is 10.1 Å². The van der Waals surface area contributed by atoms with Crippen LogP contribution in [0, 0.1) is 0 Å². The first-order valence-electron chi connectivity index (χ1n) is 7.99. The van der Waals surface area contributed by atoms with Crippen molar-refractivity contribution in [3.63, 3.8) is 0 Å². The second-order valence-corrected chi connectivity index (χ2v) is 8.24. The van der Waals surface area contributed by atoms with Gasteiger partial charge in [0.15, 0.2) is 0 Å². The average Bonchev–Trinajstić information content (AvgIpc) is 2.75. The van der Waals surface area contributed by atoms with E-state index in [1.807, 2.05) is 52.0 Å². The predicted molar refractivity (Wildman–Crippen MR) is 105 cm³/mol. The van der Waals surface area contributed by atoms with Crippen LogP contribution >= 0.6 is 24.0 Å². The summed E-state index contributed by atoms with van der Waals surface area (Å²) in [6, 6.07) is 7.47. The van der Waals surface area contributed by atoms with E-state index in [9.17, 15) is 9.59 Å². The van der Waals surface area contributed by atoms with Gasteiger partial charge in [0.05, 0.1) is 11.5 Å². The maximum Gasteiger partial charge on any atom is 0.266 e. The Hall–Kier alpha value is -1.86. The number of rotatable bonds is 5. The van der Waals surface area contributed by atoms with Crippen LogP contribution in [-0.4, -0.2) is 39.7 Å². The Labute approximate surface area is 157 Å². The molecule has 1 aliphatic rings. The van der Waals surface area contributed by atoms with Crippen molar-refractivity contribution in [2.45, 2.75) is 33.2 Å². The van der Waals surface area contributed by atoms with Gasteiger partial charge in [0.2, 0.25) is 5.91 Å². The van der Waals surface area contributed by atoms with E-state index in [4.69, 9.17) is 17.0 Å². The number of hydrogen-bond donors (Lipinski definition) is 1.